The number of carbonyl (C=O) groups is 1. The van der Waals surface area contributed by atoms with E-state index in [4.69, 9.17) is 0 Å². The van der Waals surface area contributed by atoms with Crippen molar-refractivity contribution in [3.8, 4) is 0 Å². The van der Waals surface area contributed by atoms with Gasteiger partial charge in [-0.05, 0) is 6.07 Å². The van der Waals surface area contributed by atoms with E-state index >= 15 is 0 Å². The lowest BCUT2D eigenvalue weighted by atomic mass is 10.2. The van der Waals surface area contributed by atoms with Crippen LogP contribution in [0.3, 0.4) is 0 Å². The molecule has 1 aliphatic heterocycles. The van der Waals surface area contributed by atoms with Crippen LogP contribution >= 0.6 is 11.9 Å². The van der Waals surface area contributed by atoms with Crippen LogP contribution < -0.4 is 4.21 Å². The van der Waals surface area contributed by atoms with E-state index in [1.54, 1.807) is 12.1 Å². The average molecular weight is 182 g/mol. The SMILES string of the molecule is O=C1S[N+]([O-])([O-])c2ccccc21. The van der Waals surface area contributed by atoms with E-state index in [-0.39, 0.29) is 23.2 Å². The van der Waals surface area contributed by atoms with Gasteiger partial charge in [-0.25, -0.2) is 0 Å². The molecule has 12 heavy (non-hydrogen) atoms. The molecule has 0 fully saturated rings. The Labute approximate surface area is 72.7 Å². The minimum atomic E-state index is -1.89. The van der Waals surface area contributed by atoms with Crippen molar-refractivity contribution in [3.63, 3.8) is 0 Å². The number of nitrogens with zero attached hydrogens (tertiary/aromatic N) is 1. The predicted molar refractivity (Wildman–Crippen MR) is 46.9 cm³/mol. The second-order valence-corrected chi connectivity index (χ2v) is 3.43. The van der Waals surface area contributed by atoms with Crippen LogP contribution in [0.2, 0.25) is 0 Å². The van der Waals surface area contributed by atoms with Gasteiger partial charge in [-0.2, -0.15) is 0 Å². The van der Waals surface area contributed by atoms with Gasteiger partial charge in [0, 0.05) is 6.07 Å². The summed E-state index contributed by atoms with van der Waals surface area (Å²) in [5.41, 5.74) is 0.222. The third kappa shape index (κ3) is 0.953. The molecule has 0 unspecified atom stereocenters. The molecule has 0 amide bonds. The van der Waals surface area contributed by atoms with Crippen molar-refractivity contribution in [2.75, 3.05) is 0 Å². The van der Waals surface area contributed by atoms with Gasteiger partial charge in [0.25, 0.3) is 5.12 Å². The van der Waals surface area contributed by atoms with E-state index in [0.717, 1.165) is 0 Å². The van der Waals surface area contributed by atoms with Gasteiger partial charge in [-0.3, -0.25) is 9.01 Å². The molecule has 0 radical (unpaired) electrons. The van der Waals surface area contributed by atoms with Crippen molar-refractivity contribution in [1.82, 2.24) is 4.21 Å². The van der Waals surface area contributed by atoms with E-state index in [0.29, 0.717) is 0 Å². The number of fused-ring (bicyclic) bond motifs is 1. The number of hydrogen-bond acceptors (Lipinski definition) is 4. The Morgan fingerprint density at radius 3 is 2.58 bits per heavy atom. The van der Waals surface area contributed by atoms with Gasteiger partial charge in [-0.15, -0.1) is 0 Å². The number of quaternary nitrogens is 1. The quantitative estimate of drug-likeness (QED) is 0.348. The van der Waals surface area contributed by atoms with Gasteiger partial charge >= 0.3 is 0 Å². The predicted octanol–water partition coefficient (Wildman–Crippen LogP) is 1.79. The van der Waals surface area contributed by atoms with Crippen LogP contribution in [0, 0.1) is 10.4 Å². The third-order valence-electron chi connectivity index (χ3n) is 1.62. The van der Waals surface area contributed by atoms with Gasteiger partial charge in [-0.1, -0.05) is 12.1 Å². The molecular weight excluding hydrogens is 178 g/mol. The molecule has 1 heterocycles. The molecule has 0 N–H and O–H groups in total. The van der Waals surface area contributed by atoms with Crippen LogP contribution in [0.5, 0.6) is 0 Å². The lowest BCUT2D eigenvalue weighted by molar-refractivity contribution is 0.109. The van der Waals surface area contributed by atoms with E-state index in [1.165, 1.54) is 12.1 Å². The topological polar surface area (TPSA) is 63.2 Å². The molecule has 2 rings (SSSR count). The highest BCUT2D eigenvalue weighted by molar-refractivity contribution is 8.14. The summed E-state index contributed by atoms with van der Waals surface area (Å²) in [6.07, 6.45) is 0. The minimum Gasteiger partial charge on any atom is -0.613 e. The second-order valence-electron chi connectivity index (χ2n) is 2.39. The van der Waals surface area contributed by atoms with E-state index in [1.807, 2.05) is 0 Å². The average Bonchev–Trinajstić information content (AvgIpc) is 2.25. The first-order chi connectivity index (χ1) is 5.61. The Morgan fingerprint density at radius 1 is 1.25 bits per heavy atom. The van der Waals surface area contributed by atoms with Crippen LogP contribution in [0.15, 0.2) is 24.3 Å². The maximum atomic E-state index is 11.1. The van der Waals surface area contributed by atoms with Crippen molar-refractivity contribution in [3.05, 3.63) is 40.2 Å². The summed E-state index contributed by atoms with van der Waals surface area (Å²) >= 11 is 0.239. The summed E-state index contributed by atoms with van der Waals surface area (Å²) in [6, 6.07) is 6.07. The zero-order chi connectivity index (χ0) is 8.77. The lowest BCUT2D eigenvalue weighted by Crippen LogP contribution is -2.23. The molecule has 4 nitrogen and oxygen atoms in total. The molecule has 5 heteroatoms. The minimum absolute atomic E-state index is 0.00694. The molecule has 0 bridgehead atoms. The highest BCUT2D eigenvalue weighted by atomic mass is 32.2. The smallest absolute Gasteiger partial charge is 0.283 e. The molecule has 1 aromatic rings. The molecule has 0 saturated heterocycles. The Bertz CT molecular complexity index is 350. The van der Waals surface area contributed by atoms with Crippen LogP contribution in [0.4, 0.5) is 5.69 Å². The summed E-state index contributed by atoms with van der Waals surface area (Å²) in [5.74, 6) is 0. The maximum absolute atomic E-state index is 11.1. The lowest BCUT2D eigenvalue weighted by Gasteiger charge is -2.38. The Balaban J connectivity index is 2.66. The molecule has 0 atom stereocenters. The van der Waals surface area contributed by atoms with E-state index in [2.05, 4.69) is 0 Å². The molecule has 0 saturated carbocycles. The van der Waals surface area contributed by atoms with Crippen molar-refractivity contribution in [2.24, 2.45) is 0 Å². The van der Waals surface area contributed by atoms with Crippen LogP contribution in [0.25, 0.3) is 0 Å². The number of hydrogen-bond donors (Lipinski definition) is 0. The van der Waals surface area contributed by atoms with Crippen LogP contribution in [-0.2, 0) is 0 Å². The van der Waals surface area contributed by atoms with Crippen LogP contribution in [-0.4, -0.2) is 5.12 Å². The standard InChI is InChI=1S/C7H4NO3S/c9-7-5-3-1-2-4-6(5)8(10,11)12-7/h1-4H/q-1. The van der Waals surface area contributed by atoms with Gasteiger partial charge < -0.3 is 10.4 Å². The molecular formula is C7H4NO3S-. The molecule has 1 aliphatic rings. The van der Waals surface area contributed by atoms with Crippen molar-refractivity contribution in [1.29, 1.82) is 0 Å². The molecule has 0 aromatic heterocycles. The first kappa shape index (κ1) is 7.75. The molecule has 0 spiro atoms. The highest BCUT2D eigenvalue weighted by Gasteiger charge is 2.33. The highest BCUT2D eigenvalue weighted by Crippen LogP contribution is 2.42. The van der Waals surface area contributed by atoms with Crippen molar-refractivity contribution >= 4 is 22.8 Å². The summed E-state index contributed by atoms with van der Waals surface area (Å²) < 4.78 is -1.89. The summed E-state index contributed by atoms with van der Waals surface area (Å²) in [5, 5.41) is 21.7. The second kappa shape index (κ2) is 2.30. The number of rotatable bonds is 0. The Morgan fingerprint density at radius 2 is 1.92 bits per heavy atom. The summed E-state index contributed by atoms with van der Waals surface area (Å²) in [7, 11) is 0. The monoisotopic (exact) mass is 182 g/mol. The number of carbonyl (C=O) groups excluding carboxylic acids is 1. The van der Waals surface area contributed by atoms with Gasteiger partial charge in [0.2, 0.25) is 0 Å². The largest absolute Gasteiger partial charge is 0.613 e. The Hall–Kier alpha value is -0.880. The van der Waals surface area contributed by atoms with Gasteiger partial charge in [0.15, 0.2) is 17.6 Å². The zero-order valence-electron chi connectivity index (χ0n) is 5.89. The fourth-order valence-corrected chi connectivity index (χ4v) is 1.84. The zero-order valence-corrected chi connectivity index (χ0v) is 6.71. The maximum Gasteiger partial charge on any atom is 0.283 e. The fourth-order valence-electron chi connectivity index (χ4n) is 1.09. The molecule has 1 aromatic carbocycles. The van der Waals surface area contributed by atoms with Gasteiger partial charge in [0.1, 0.15) is 0 Å². The van der Waals surface area contributed by atoms with Crippen LogP contribution in [0.1, 0.15) is 10.4 Å². The third-order valence-corrected chi connectivity index (χ3v) is 2.44. The first-order valence-corrected chi connectivity index (χ1v) is 4.03. The van der Waals surface area contributed by atoms with Crippen molar-refractivity contribution in [2.45, 2.75) is 0 Å². The normalized spacial score (nSPS) is 19.3. The van der Waals surface area contributed by atoms with Gasteiger partial charge in [0.05, 0.1) is 5.56 Å². The first-order valence-electron chi connectivity index (χ1n) is 3.26. The summed E-state index contributed by atoms with van der Waals surface area (Å²) in [6.45, 7) is 0. The van der Waals surface area contributed by atoms with E-state index < -0.39 is 9.33 Å². The molecule has 62 valence electrons. The fraction of sp³-hybridized carbons (Fsp3) is 0. The summed E-state index contributed by atoms with van der Waals surface area (Å²) in [4.78, 5) is 11.0. The molecule has 0 aliphatic carbocycles. The van der Waals surface area contributed by atoms with Crippen molar-refractivity contribution < 1.29 is 4.79 Å². The Kier molecular flexibility index (Phi) is 1.49. The van der Waals surface area contributed by atoms with E-state index in [9.17, 15) is 15.2 Å². The number of benzene rings is 1.